The van der Waals surface area contributed by atoms with E-state index in [9.17, 15) is 5.11 Å². The highest BCUT2D eigenvalue weighted by Crippen LogP contribution is 2.31. The maximum absolute atomic E-state index is 9.53. The van der Waals surface area contributed by atoms with Gasteiger partial charge < -0.3 is 10.4 Å². The molecule has 2 N–H and O–H groups in total. The van der Waals surface area contributed by atoms with Crippen molar-refractivity contribution in [2.45, 2.75) is 58.4 Å². The first-order valence-electron chi connectivity index (χ1n) is 6.44. The molecule has 0 bridgehead atoms. The molecule has 0 unspecified atom stereocenters. The lowest BCUT2D eigenvalue weighted by Crippen LogP contribution is -2.51. The van der Waals surface area contributed by atoms with Gasteiger partial charge in [-0.3, -0.25) is 0 Å². The van der Waals surface area contributed by atoms with Crippen LogP contribution in [0.3, 0.4) is 0 Å². The van der Waals surface area contributed by atoms with Crippen molar-refractivity contribution in [1.29, 1.82) is 0 Å². The van der Waals surface area contributed by atoms with E-state index in [-0.39, 0.29) is 5.54 Å². The minimum atomic E-state index is 0.0431. The average molecular weight is 213 g/mol. The van der Waals surface area contributed by atoms with Crippen LogP contribution in [0.15, 0.2) is 0 Å². The van der Waals surface area contributed by atoms with Gasteiger partial charge >= 0.3 is 0 Å². The first-order chi connectivity index (χ1) is 7.08. The molecule has 1 aliphatic carbocycles. The van der Waals surface area contributed by atoms with Crippen LogP contribution in [-0.4, -0.2) is 23.8 Å². The third-order valence-electron chi connectivity index (χ3n) is 3.76. The summed E-state index contributed by atoms with van der Waals surface area (Å²) in [5, 5.41) is 13.1. The zero-order valence-electron chi connectivity index (χ0n) is 10.6. The maximum atomic E-state index is 9.53. The summed E-state index contributed by atoms with van der Waals surface area (Å²) in [5.74, 6) is 1.59. The van der Waals surface area contributed by atoms with Crippen LogP contribution in [0.1, 0.15) is 52.9 Å². The van der Waals surface area contributed by atoms with Crippen molar-refractivity contribution in [3.8, 4) is 0 Å². The molecule has 0 atom stereocenters. The van der Waals surface area contributed by atoms with Crippen LogP contribution in [0.5, 0.6) is 0 Å². The summed E-state index contributed by atoms with van der Waals surface area (Å²) in [6, 6.07) is 0. The lowest BCUT2D eigenvalue weighted by Gasteiger charge is -2.39. The molecule has 0 aromatic heterocycles. The van der Waals surface area contributed by atoms with Crippen LogP contribution in [0.2, 0.25) is 0 Å². The van der Waals surface area contributed by atoms with Crippen molar-refractivity contribution in [2.24, 2.45) is 11.8 Å². The van der Waals surface area contributed by atoms with Gasteiger partial charge in [-0.05, 0) is 50.5 Å². The molecule has 0 aliphatic heterocycles. The van der Waals surface area contributed by atoms with Gasteiger partial charge in [0.2, 0.25) is 0 Å². The zero-order valence-corrected chi connectivity index (χ0v) is 10.6. The molecule has 0 spiro atoms. The lowest BCUT2D eigenvalue weighted by atomic mass is 9.77. The molecular weight excluding hydrogens is 186 g/mol. The Kier molecular flexibility index (Phi) is 5.07. The molecule has 0 aromatic carbocycles. The van der Waals surface area contributed by atoms with Crippen molar-refractivity contribution in [1.82, 2.24) is 5.32 Å². The average Bonchev–Trinajstić information content (AvgIpc) is 2.21. The van der Waals surface area contributed by atoms with E-state index in [1.807, 2.05) is 0 Å². The van der Waals surface area contributed by atoms with Gasteiger partial charge in [-0.2, -0.15) is 0 Å². The Bertz CT molecular complexity index is 171. The fourth-order valence-electron chi connectivity index (χ4n) is 2.33. The Morgan fingerprint density at radius 3 is 2.40 bits per heavy atom. The molecule has 1 saturated carbocycles. The third kappa shape index (κ3) is 4.12. The summed E-state index contributed by atoms with van der Waals surface area (Å²) in [5.41, 5.74) is 0.0431. The lowest BCUT2D eigenvalue weighted by molar-refractivity contribution is 0.105. The number of aliphatic hydroxyl groups excluding tert-OH is 1. The molecule has 0 heterocycles. The maximum Gasteiger partial charge on any atom is 0.0613 e. The van der Waals surface area contributed by atoms with Crippen LogP contribution in [0.4, 0.5) is 0 Å². The molecule has 2 heteroatoms. The molecule has 2 nitrogen and oxygen atoms in total. The van der Waals surface area contributed by atoms with Gasteiger partial charge in [-0.1, -0.05) is 20.8 Å². The number of hydrogen-bond donors (Lipinski definition) is 2. The number of nitrogens with one attached hydrogen (secondary N) is 1. The molecule has 0 aromatic rings. The normalized spacial score (nSPS) is 32.2. The van der Waals surface area contributed by atoms with E-state index < -0.39 is 0 Å². The topological polar surface area (TPSA) is 32.3 Å². The van der Waals surface area contributed by atoms with Crippen molar-refractivity contribution in [3.05, 3.63) is 0 Å². The number of aliphatic hydroxyl groups is 1. The minimum absolute atomic E-state index is 0.0431. The SMILES string of the molecule is CC(C)CCNC1(CO)CCC(C)CC1. The molecule has 0 amide bonds. The minimum Gasteiger partial charge on any atom is -0.394 e. The van der Waals surface area contributed by atoms with E-state index in [1.54, 1.807) is 0 Å². The second-order valence-corrected chi connectivity index (χ2v) is 5.73. The molecule has 0 saturated heterocycles. The van der Waals surface area contributed by atoms with Crippen LogP contribution in [0, 0.1) is 11.8 Å². The summed E-state index contributed by atoms with van der Waals surface area (Å²) >= 11 is 0. The van der Waals surface area contributed by atoms with E-state index in [4.69, 9.17) is 0 Å². The van der Waals surface area contributed by atoms with Crippen LogP contribution >= 0.6 is 0 Å². The summed E-state index contributed by atoms with van der Waals surface area (Å²) < 4.78 is 0. The Morgan fingerprint density at radius 1 is 1.33 bits per heavy atom. The predicted octanol–water partition coefficient (Wildman–Crippen LogP) is 2.56. The largest absolute Gasteiger partial charge is 0.394 e. The van der Waals surface area contributed by atoms with Gasteiger partial charge in [0.05, 0.1) is 6.61 Å². The fourth-order valence-corrected chi connectivity index (χ4v) is 2.33. The molecule has 15 heavy (non-hydrogen) atoms. The van der Waals surface area contributed by atoms with E-state index in [1.165, 1.54) is 19.3 Å². The quantitative estimate of drug-likeness (QED) is 0.735. The molecule has 1 aliphatic rings. The molecule has 1 rings (SSSR count). The smallest absolute Gasteiger partial charge is 0.0613 e. The standard InChI is InChI=1S/C13H27NO/c1-11(2)6-9-14-13(10-15)7-4-12(3)5-8-13/h11-12,14-15H,4-10H2,1-3H3. The summed E-state index contributed by atoms with van der Waals surface area (Å²) in [7, 11) is 0. The van der Waals surface area contributed by atoms with Gasteiger partial charge in [-0.15, -0.1) is 0 Å². The van der Waals surface area contributed by atoms with Crippen molar-refractivity contribution in [2.75, 3.05) is 13.2 Å². The van der Waals surface area contributed by atoms with Gasteiger partial charge in [0.1, 0.15) is 0 Å². The summed E-state index contributed by atoms with van der Waals surface area (Å²) in [4.78, 5) is 0. The third-order valence-corrected chi connectivity index (χ3v) is 3.76. The van der Waals surface area contributed by atoms with Gasteiger partial charge in [-0.25, -0.2) is 0 Å². The Morgan fingerprint density at radius 2 is 1.93 bits per heavy atom. The zero-order chi connectivity index (χ0) is 11.3. The van der Waals surface area contributed by atoms with Crippen molar-refractivity contribution >= 4 is 0 Å². The van der Waals surface area contributed by atoms with E-state index in [0.29, 0.717) is 6.61 Å². The monoisotopic (exact) mass is 213 g/mol. The molecule has 1 fully saturated rings. The van der Waals surface area contributed by atoms with E-state index in [2.05, 4.69) is 26.1 Å². The highest BCUT2D eigenvalue weighted by molar-refractivity contribution is 4.91. The first-order valence-corrected chi connectivity index (χ1v) is 6.44. The van der Waals surface area contributed by atoms with E-state index in [0.717, 1.165) is 31.2 Å². The van der Waals surface area contributed by atoms with Crippen LogP contribution in [0.25, 0.3) is 0 Å². The van der Waals surface area contributed by atoms with Gasteiger partial charge in [0, 0.05) is 5.54 Å². The fraction of sp³-hybridized carbons (Fsp3) is 1.00. The summed E-state index contributed by atoms with van der Waals surface area (Å²) in [6.45, 7) is 8.16. The summed E-state index contributed by atoms with van der Waals surface area (Å²) in [6.07, 6.45) is 6.01. The van der Waals surface area contributed by atoms with Gasteiger partial charge in [0.15, 0.2) is 0 Å². The van der Waals surface area contributed by atoms with Crippen LogP contribution < -0.4 is 5.32 Å². The van der Waals surface area contributed by atoms with Crippen LogP contribution in [-0.2, 0) is 0 Å². The number of rotatable bonds is 5. The number of hydrogen-bond acceptors (Lipinski definition) is 2. The highest BCUT2D eigenvalue weighted by Gasteiger charge is 2.32. The molecule has 0 radical (unpaired) electrons. The first kappa shape index (κ1) is 13.0. The van der Waals surface area contributed by atoms with Crippen molar-refractivity contribution in [3.63, 3.8) is 0 Å². The molecular formula is C13H27NO. The van der Waals surface area contributed by atoms with Crippen molar-refractivity contribution < 1.29 is 5.11 Å². The molecule has 90 valence electrons. The van der Waals surface area contributed by atoms with Gasteiger partial charge in [0.25, 0.3) is 0 Å². The Balaban J connectivity index is 2.33. The Labute approximate surface area is 94.5 Å². The highest BCUT2D eigenvalue weighted by atomic mass is 16.3. The Hall–Kier alpha value is -0.0800. The van der Waals surface area contributed by atoms with E-state index >= 15 is 0 Å². The second-order valence-electron chi connectivity index (χ2n) is 5.73. The predicted molar refractivity (Wildman–Crippen MR) is 64.9 cm³/mol. The second kappa shape index (κ2) is 5.86.